The second kappa shape index (κ2) is 6.37. The van der Waals surface area contributed by atoms with Gasteiger partial charge in [0.05, 0.1) is 0 Å². The van der Waals surface area contributed by atoms with E-state index in [1.165, 1.54) is 0 Å². The van der Waals surface area contributed by atoms with Gasteiger partial charge in [-0.15, -0.1) is 0 Å². The molecule has 0 aliphatic heterocycles. The van der Waals surface area contributed by atoms with E-state index in [-0.39, 0.29) is 6.03 Å². The quantitative estimate of drug-likeness (QED) is 0.631. The SMILES string of the molecule is O=C(Nc1cccc(I)c1)Nc1cccc(I)c1. The summed E-state index contributed by atoms with van der Waals surface area (Å²) in [7, 11) is 0. The van der Waals surface area contributed by atoms with Gasteiger partial charge in [-0.3, -0.25) is 0 Å². The van der Waals surface area contributed by atoms with E-state index in [0.29, 0.717) is 0 Å². The summed E-state index contributed by atoms with van der Waals surface area (Å²) >= 11 is 4.41. The Morgan fingerprint density at radius 2 is 1.28 bits per heavy atom. The van der Waals surface area contributed by atoms with Gasteiger partial charge in [0.15, 0.2) is 0 Å². The number of hydrogen-bond acceptors (Lipinski definition) is 1. The number of halogens is 2. The van der Waals surface area contributed by atoms with Crippen LogP contribution in [-0.2, 0) is 0 Å². The number of anilines is 2. The van der Waals surface area contributed by atoms with Crippen LogP contribution in [0, 0.1) is 7.14 Å². The summed E-state index contributed by atoms with van der Waals surface area (Å²) in [5, 5.41) is 5.59. The maximum atomic E-state index is 11.8. The highest BCUT2D eigenvalue weighted by Crippen LogP contribution is 2.15. The number of urea groups is 1. The van der Waals surface area contributed by atoms with Crippen molar-refractivity contribution in [3.8, 4) is 0 Å². The van der Waals surface area contributed by atoms with Gasteiger partial charge in [0.2, 0.25) is 0 Å². The van der Waals surface area contributed by atoms with Crippen LogP contribution in [0.25, 0.3) is 0 Å². The van der Waals surface area contributed by atoms with E-state index in [0.717, 1.165) is 18.5 Å². The Labute approximate surface area is 133 Å². The zero-order valence-electron chi connectivity index (χ0n) is 9.28. The standard InChI is InChI=1S/C13H10I2N2O/c14-9-3-1-5-11(7-9)16-13(18)17-12-6-2-4-10(15)8-12/h1-8H,(H2,16,17,18). The van der Waals surface area contributed by atoms with Crippen molar-refractivity contribution in [3.63, 3.8) is 0 Å². The van der Waals surface area contributed by atoms with Crippen molar-refractivity contribution in [1.29, 1.82) is 0 Å². The average Bonchev–Trinajstić information content (AvgIpc) is 2.28. The van der Waals surface area contributed by atoms with Gasteiger partial charge in [0, 0.05) is 18.5 Å². The van der Waals surface area contributed by atoms with Crippen LogP contribution < -0.4 is 10.6 Å². The smallest absolute Gasteiger partial charge is 0.308 e. The van der Waals surface area contributed by atoms with Crippen LogP contribution in [0.4, 0.5) is 16.2 Å². The van der Waals surface area contributed by atoms with Gasteiger partial charge >= 0.3 is 6.03 Å². The molecule has 0 atom stereocenters. The average molecular weight is 464 g/mol. The first-order valence-electron chi connectivity index (χ1n) is 5.22. The Morgan fingerprint density at radius 3 is 1.67 bits per heavy atom. The second-order valence-electron chi connectivity index (χ2n) is 3.60. The predicted octanol–water partition coefficient (Wildman–Crippen LogP) is 4.54. The van der Waals surface area contributed by atoms with E-state index in [9.17, 15) is 4.79 Å². The minimum absolute atomic E-state index is 0.237. The molecule has 3 nitrogen and oxygen atoms in total. The molecule has 2 amide bonds. The molecule has 0 aromatic heterocycles. The van der Waals surface area contributed by atoms with Crippen molar-refractivity contribution in [2.45, 2.75) is 0 Å². The molecule has 2 rings (SSSR count). The topological polar surface area (TPSA) is 41.1 Å². The van der Waals surface area contributed by atoms with E-state index < -0.39 is 0 Å². The minimum Gasteiger partial charge on any atom is -0.308 e. The predicted molar refractivity (Wildman–Crippen MR) is 91.0 cm³/mol. The van der Waals surface area contributed by atoms with Crippen LogP contribution in [0.2, 0.25) is 0 Å². The fourth-order valence-electron chi connectivity index (χ4n) is 1.43. The summed E-state index contributed by atoms with van der Waals surface area (Å²) in [5.74, 6) is 0. The molecule has 0 spiro atoms. The van der Waals surface area contributed by atoms with E-state index >= 15 is 0 Å². The highest BCUT2D eigenvalue weighted by atomic mass is 127. The first-order chi connectivity index (χ1) is 8.63. The number of benzene rings is 2. The fraction of sp³-hybridized carbons (Fsp3) is 0. The summed E-state index contributed by atoms with van der Waals surface area (Å²) in [4.78, 5) is 11.8. The van der Waals surface area contributed by atoms with E-state index in [4.69, 9.17) is 0 Å². The molecule has 18 heavy (non-hydrogen) atoms. The first-order valence-corrected chi connectivity index (χ1v) is 7.38. The normalized spacial score (nSPS) is 9.89. The van der Waals surface area contributed by atoms with Crippen LogP contribution in [0.15, 0.2) is 48.5 Å². The Balaban J connectivity index is 2.01. The highest BCUT2D eigenvalue weighted by molar-refractivity contribution is 14.1. The molecular weight excluding hydrogens is 454 g/mol. The van der Waals surface area contributed by atoms with Gasteiger partial charge in [-0.1, -0.05) is 12.1 Å². The third-order valence-electron chi connectivity index (χ3n) is 2.16. The number of carbonyl (C=O) groups excluding carboxylic acids is 1. The van der Waals surface area contributed by atoms with Crippen LogP contribution in [0.3, 0.4) is 0 Å². The summed E-state index contributed by atoms with van der Waals surface area (Å²) in [5.41, 5.74) is 1.56. The van der Waals surface area contributed by atoms with Gasteiger partial charge in [0.25, 0.3) is 0 Å². The molecule has 0 aliphatic carbocycles. The van der Waals surface area contributed by atoms with Crippen molar-refractivity contribution < 1.29 is 4.79 Å². The van der Waals surface area contributed by atoms with Crippen LogP contribution >= 0.6 is 45.2 Å². The lowest BCUT2D eigenvalue weighted by atomic mass is 10.3. The Hall–Kier alpha value is -0.830. The third-order valence-corrected chi connectivity index (χ3v) is 3.51. The lowest BCUT2D eigenvalue weighted by Crippen LogP contribution is -2.19. The third kappa shape index (κ3) is 4.13. The molecule has 92 valence electrons. The zero-order chi connectivity index (χ0) is 13.0. The van der Waals surface area contributed by atoms with Gasteiger partial charge in [-0.05, 0) is 81.6 Å². The molecule has 0 saturated carbocycles. The lowest BCUT2D eigenvalue weighted by Gasteiger charge is -2.08. The van der Waals surface area contributed by atoms with E-state index in [1.807, 2.05) is 48.5 Å². The molecular formula is C13H10I2N2O. The van der Waals surface area contributed by atoms with Crippen LogP contribution in [0.5, 0.6) is 0 Å². The first kappa shape index (κ1) is 13.6. The number of hydrogen-bond donors (Lipinski definition) is 2. The molecule has 0 fully saturated rings. The maximum absolute atomic E-state index is 11.8. The second-order valence-corrected chi connectivity index (χ2v) is 6.09. The molecule has 0 radical (unpaired) electrons. The van der Waals surface area contributed by atoms with Gasteiger partial charge in [-0.25, -0.2) is 4.79 Å². The van der Waals surface area contributed by atoms with Gasteiger partial charge in [-0.2, -0.15) is 0 Å². The number of carbonyl (C=O) groups is 1. The Morgan fingerprint density at radius 1 is 0.833 bits per heavy atom. The van der Waals surface area contributed by atoms with Crippen LogP contribution in [0.1, 0.15) is 0 Å². The molecule has 0 aliphatic rings. The summed E-state index contributed by atoms with van der Waals surface area (Å²) in [6, 6.07) is 15.1. The fourth-order valence-corrected chi connectivity index (χ4v) is 2.51. The molecule has 0 saturated heterocycles. The highest BCUT2D eigenvalue weighted by Gasteiger charge is 2.02. The van der Waals surface area contributed by atoms with Gasteiger partial charge < -0.3 is 10.6 Å². The molecule has 2 N–H and O–H groups in total. The van der Waals surface area contributed by atoms with Crippen molar-refractivity contribution in [3.05, 3.63) is 55.7 Å². The maximum Gasteiger partial charge on any atom is 0.323 e. The summed E-state index contributed by atoms with van der Waals surface area (Å²) < 4.78 is 2.17. The lowest BCUT2D eigenvalue weighted by molar-refractivity contribution is 0.262. The van der Waals surface area contributed by atoms with E-state index in [2.05, 4.69) is 55.8 Å². The summed E-state index contributed by atoms with van der Waals surface area (Å²) in [6.45, 7) is 0. The number of amides is 2. The largest absolute Gasteiger partial charge is 0.323 e. The van der Waals surface area contributed by atoms with Crippen molar-refractivity contribution in [2.75, 3.05) is 10.6 Å². The minimum atomic E-state index is -0.237. The molecule has 2 aromatic rings. The van der Waals surface area contributed by atoms with Crippen LogP contribution in [-0.4, -0.2) is 6.03 Å². The monoisotopic (exact) mass is 464 g/mol. The Bertz CT molecular complexity index is 523. The van der Waals surface area contributed by atoms with Crippen molar-refractivity contribution in [1.82, 2.24) is 0 Å². The molecule has 0 bridgehead atoms. The Kier molecular flexibility index (Phi) is 4.81. The molecule has 5 heteroatoms. The summed E-state index contributed by atoms with van der Waals surface area (Å²) in [6.07, 6.45) is 0. The number of rotatable bonds is 2. The van der Waals surface area contributed by atoms with E-state index in [1.54, 1.807) is 0 Å². The molecule has 2 aromatic carbocycles. The molecule has 0 heterocycles. The van der Waals surface area contributed by atoms with Crippen molar-refractivity contribution in [2.24, 2.45) is 0 Å². The number of nitrogens with one attached hydrogen (secondary N) is 2. The zero-order valence-corrected chi connectivity index (χ0v) is 13.6. The van der Waals surface area contributed by atoms with Crippen molar-refractivity contribution >= 4 is 62.6 Å². The molecule has 0 unspecified atom stereocenters. The van der Waals surface area contributed by atoms with Gasteiger partial charge in [0.1, 0.15) is 0 Å².